The van der Waals surface area contributed by atoms with Gasteiger partial charge in [-0.1, -0.05) is 29.8 Å². The lowest BCUT2D eigenvalue weighted by molar-refractivity contribution is -0.136. The molecule has 0 aromatic heterocycles. The number of rotatable bonds is 10. The van der Waals surface area contributed by atoms with Gasteiger partial charge in [-0.05, 0) is 54.8 Å². The Morgan fingerprint density at radius 2 is 2.03 bits per heavy atom. The van der Waals surface area contributed by atoms with Crippen molar-refractivity contribution in [3.05, 3.63) is 63.7 Å². The highest BCUT2D eigenvalue weighted by Gasteiger charge is 2.39. The van der Waals surface area contributed by atoms with E-state index in [4.69, 9.17) is 16.3 Å². The maximum Gasteiger partial charge on any atom is 0.319 e. The van der Waals surface area contributed by atoms with E-state index in [2.05, 4.69) is 38.8 Å². The molecule has 2 aromatic rings. The summed E-state index contributed by atoms with van der Waals surface area (Å²) in [7, 11) is 1.98. The first-order valence-electron chi connectivity index (χ1n) is 12.3. The summed E-state index contributed by atoms with van der Waals surface area (Å²) in [5.41, 5.74) is 3.65. The molecule has 10 nitrogen and oxygen atoms in total. The summed E-state index contributed by atoms with van der Waals surface area (Å²) >= 11 is 8.60. The maximum atomic E-state index is 12.8. The normalized spacial score (nSPS) is 17.0. The van der Waals surface area contributed by atoms with E-state index >= 15 is 0 Å². The molecule has 0 aliphatic carbocycles. The van der Waals surface area contributed by atoms with Crippen molar-refractivity contribution in [1.29, 1.82) is 0 Å². The Bertz CT molecular complexity index is 1240. The Morgan fingerprint density at radius 3 is 2.76 bits per heavy atom. The van der Waals surface area contributed by atoms with Crippen LogP contribution in [0.5, 0.6) is 0 Å². The van der Waals surface area contributed by atoms with E-state index in [1.54, 1.807) is 24.3 Å². The van der Waals surface area contributed by atoms with Crippen molar-refractivity contribution in [3.8, 4) is 0 Å². The number of fused-ring (bicyclic) bond motifs is 1. The Balaban J connectivity index is 1.26. The molecule has 0 bridgehead atoms. The number of hydrogen-bond acceptors (Lipinski definition) is 6. The van der Waals surface area contributed by atoms with Crippen molar-refractivity contribution in [2.24, 2.45) is 0 Å². The number of carbonyl (C=O) groups excluding carboxylic acids is 4. The van der Waals surface area contributed by atoms with Gasteiger partial charge in [-0.15, -0.1) is 0 Å². The van der Waals surface area contributed by atoms with Crippen LogP contribution in [0.15, 0.2) is 36.4 Å². The molecular formula is C26H29ClIN5O5. The number of amides is 5. The summed E-state index contributed by atoms with van der Waals surface area (Å²) in [5.74, 6) is -0.991. The highest BCUT2D eigenvalue weighted by Crippen LogP contribution is 2.28. The number of halogens is 2. The van der Waals surface area contributed by atoms with Crippen LogP contribution in [0.25, 0.3) is 0 Å². The van der Waals surface area contributed by atoms with Crippen LogP contribution in [-0.4, -0.2) is 64.6 Å². The number of imide groups is 1. The van der Waals surface area contributed by atoms with Crippen molar-refractivity contribution in [2.45, 2.75) is 38.4 Å². The third-order valence-corrected chi connectivity index (χ3v) is 7.25. The van der Waals surface area contributed by atoms with Gasteiger partial charge in [0.2, 0.25) is 11.8 Å². The van der Waals surface area contributed by atoms with Gasteiger partial charge >= 0.3 is 6.03 Å². The Kier molecular flexibility index (Phi) is 9.58. The number of likely N-dealkylation sites (N-methyl/N-ethyl adjacent to an activating group) is 1. The van der Waals surface area contributed by atoms with Crippen LogP contribution in [0.4, 0.5) is 10.5 Å². The molecule has 2 aromatic carbocycles. The third kappa shape index (κ3) is 7.22. The van der Waals surface area contributed by atoms with Crippen LogP contribution in [0.2, 0.25) is 5.02 Å². The average molecular weight is 654 g/mol. The van der Waals surface area contributed by atoms with E-state index < -0.39 is 11.9 Å². The minimum atomic E-state index is -0.659. The topological polar surface area (TPSA) is 120 Å². The van der Waals surface area contributed by atoms with Crippen LogP contribution >= 0.6 is 34.5 Å². The molecule has 1 fully saturated rings. The average Bonchev–Trinajstić information content (AvgIpc) is 3.19. The molecule has 202 valence electrons. The van der Waals surface area contributed by atoms with Crippen LogP contribution in [0, 0.1) is 0 Å². The maximum absolute atomic E-state index is 12.8. The van der Waals surface area contributed by atoms with E-state index in [9.17, 15) is 19.2 Å². The molecule has 2 aliphatic rings. The molecule has 1 atom stereocenters. The van der Waals surface area contributed by atoms with E-state index in [1.165, 1.54) is 4.90 Å². The lowest BCUT2D eigenvalue weighted by Crippen LogP contribution is -2.52. The van der Waals surface area contributed by atoms with Crippen molar-refractivity contribution in [3.63, 3.8) is 0 Å². The molecule has 0 saturated carbocycles. The number of piperidine rings is 1. The Labute approximate surface area is 239 Å². The quantitative estimate of drug-likeness (QED) is 0.157. The molecule has 4 rings (SSSR count). The van der Waals surface area contributed by atoms with Crippen molar-refractivity contribution in [1.82, 2.24) is 18.6 Å². The Hall–Kier alpha value is -2.74. The van der Waals surface area contributed by atoms with E-state index in [-0.39, 0.29) is 37.4 Å². The fourth-order valence-electron chi connectivity index (χ4n) is 4.40. The smallest absolute Gasteiger partial charge is 0.319 e. The van der Waals surface area contributed by atoms with Gasteiger partial charge in [0.05, 0.1) is 13.2 Å². The van der Waals surface area contributed by atoms with Gasteiger partial charge in [0.25, 0.3) is 5.91 Å². The van der Waals surface area contributed by atoms with E-state index in [0.29, 0.717) is 42.3 Å². The summed E-state index contributed by atoms with van der Waals surface area (Å²) in [4.78, 5) is 50.4. The van der Waals surface area contributed by atoms with Crippen LogP contribution in [0.1, 0.15) is 39.9 Å². The van der Waals surface area contributed by atoms with Gasteiger partial charge in [-0.25, -0.2) is 7.91 Å². The first-order valence-corrected chi connectivity index (χ1v) is 13.6. The number of carbonyl (C=O) groups is 4. The molecule has 12 heteroatoms. The third-order valence-electron chi connectivity index (χ3n) is 6.41. The zero-order valence-electron chi connectivity index (χ0n) is 20.9. The molecule has 2 aliphatic heterocycles. The van der Waals surface area contributed by atoms with Gasteiger partial charge < -0.3 is 20.3 Å². The molecule has 38 heavy (non-hydrogen) atoms. The largest absolute Gasteiger partial charge is 0.380 e. The number of nitrogens with zero attached hydrogens (tertiary/aromatic N) is 2. The number of ether oxygens (including phenoxy) is 1. The van der Waals surface area contributed by atoms with Crippen molar-refractivity contribution in [2.75, 3.05) is 32.1 Å². The van der Waals surface area contributed by atoms with Crippen molar-refractivity contribution < 1.29 is 23.9 Å². The van der Waals surface area contributed by atoms with Gasteiger partial charge in [0.15, 0.2) is 0 Å². The SMILES string of the molecule is CN(I)CCOCCc1ccc(NC(=O)NCc2ccc3c(c2)CN(C2CCC(=O)NC2=O)C3=O)cc1Cl. The van der Waals surface area contributed by atoms with Crippen LogP contribution in [-0.2, 0) is 33.8 Å². The predicted octanol–water partition coefficient (Wildman–Crippen LogP) is 3.26. The molecule has 0 spiro atoms. The molecule has 3 N–H and O–H groups in total. The monoisotopic (exact) mass is 653 g/mol. The summed E-state index contributed by atoms with van der Waals surface area (Å²) in [5, 5.41) is 8.45. The molecule has 1 unspecified atom stereocenters. The zero-order valence-corrected chi connectivity index (χ0v) is 23.8. The lowest BCUT2D eigenvalue weighted by atomic mass is 10.0. The second kappa shape index (κ2) is 12.9. The minimum Gasteiger partial charge on any atom is -0.380 e. The first kappa shape index (κ1) is 28.3. The lowest BCUT2D eigenvalue weighted by Gasteiger charge is -2.29. The predicted molar refractivity (Wildman–Crippen MR) is 151 cm³/mol. The highest BCUT2D eigenvalue weighted by molar-refractivity contribution is 14.1. The van der Waals surface area contributed by atoms with Gasteiger partial charge in [-0.3, -0.25) is 19.7 Å². The van der Waals surface area contributed by atoms with Gasteiger partial charge in [0, 0.05) is 65.2 Å². The second-order valence-electron chi connectivity index (χ2n) is 9.20. The summed E-state index contributed by atoms with van der Waals surface area (Å²) < 4.78 is 7.64. The Morgan fingerprint density at radius 1 is 1.21 bits per heavy atom. The van der Waals surface area contributed by atoms with E-state index in [1.807, 2.05) is 22.3 Å². The number of urea groups is 1. The molecule has 2 heterocycles. The standard InChI is InChI=1S/C26H29ClIN5O5/c1-32(28)9-11-38-10-8-17-3-4-19(13-21(17)27)30-26(37)29-14-16-2-5-20-18(12-16)15-33(25(20)36)22-6-7-23(34)31-24(22)35/h2-5,12-13,22H,6-11,14-15H2,1H3,(H2,29,30,37)(H,31,34,35). The number of hydrogen-bond donors (Lipinski definition) is 3. The van der Waals surface area contributed by atoms with Crippen LogP contribution in [0.3, 0.4) is 0 Å². The molecule has 5 amide bonds. The number of anilines is 1. The summed E-state index contributed by atoms with van der Waals surface area (Å²) in [6.45, 7) is 2.59. The summed E-state index contributed by atoms with van der Waals surface area (Å²) in [6.07, 6.45) is 1.20. The molecule has 1 saturated heterocycles. The second-order valence-corrected chi connectivity index (χ2v) is 11.3. The van der Waals surface area contributed by atoms with Gasteiger partial charge in [-0.2, -0.15) is 0 Å². The fourth-order valence-corrected chi connectivity index (χ4v) is 4.87. The van der Waals surface area contributed by atoms with E-state index in [0.717, 1.165) is 23.2 Å². The molecule has 0 radical (unpaired) electrons. The minimum absolute atomic E-state index is 0.208. The van der Waals surface area contributed by atoms with Crippen LogP contribution < -0.4 is 16.0 Å². The van der Waals surface area contributed by atoms with Gasteiger partial charge in [0.1, 0.15) is 6.04 Å². The molecular weight excluding hydrogens is 625 g/mol. The number of benzene rings is 2. The summed E-state index contributed by atoms with van der Waals surface area (Å²) in [6, 6.07) is 9.67. The highest BCUT2D eigenvalue weighted by atomic mass is 127. The van der Waals surface area contributed by atoms with Crippen molar-refractivity contribution >= 4 is 63.9 Å². The zero-order chi connectivity index (χ0) is 27.2. The fraction of sp³-hybridized carbons (Fsp3) is 0.385. The number of nitrogens with one attached hydrogen (secondary N) is 3. The first-order chi connectivity index (χ1) is 18.2.